The molecule has 0 aromatic carbocycles. The number of hydrogen-bond donors (Lipinski definition) is 1. The fourth-order valence-electron chi connectivity index (χ4n) is 1.72. The largest absolute Gasteiger partial charge is 0.376 e. The number of anilines is 1. The van der Waals surface area contributed by atoms with Crippen LogP contribution in [0.1, 0.15) is 12.8 Å². The molecule has 6 nitrogen and oxygen atoms in total. The van der Waals surface area contributed by atoms with Crippen LogP contribution < -0.4 is 5.32 Å². The van der Waals surface area contributed by atoms with E-state index in [1.54, 1.807) is 0 Å². The Morgan fingerprint density at radius 2 is 2.47 bits per heavy atom. The van der Waals surface area contributed by atoms with Gasteiger partial charge >= 0.3 is 5.69 Å². The Hall–Kier alpha value is -1.40. The van der Waals surface area contributed by atoms with Gasteiger partial charge in [0.25, 0.3) is 0 Å². The third-order valence-corrected chi connectivity index (χ3v) is 2.77. The van der Waals surface area contributed by atoms with Crippen LogP contribution in [0.25, 0.3) is 0 Å². The van der Waals surface area contributed by atoms with E-state index in [1.807, 2.05) is 0 Å². The zero-order chi connectivity index (χ0) is 12.3. The quantitative estimate of drug-likeness (QED) is 0.508. The summed E-state index contributed by atoms with van der Waals surface area (Å²) in [5.41, 5.74) is -0.0765. The number of aromatic nitrogens is 1. The molecule has 0 spiro atoms. The van der Waals surface area contributed by atoms with Crippen molar-refractivity contribution in [2.24, 2.45) is 0 Å². The van der Waals surface area contributed by atoms with E-state index in [2.05, 4.69) is 10.3 Å². The van der Waals surface area contributed by atoms with Gasteiger partial charge in [0.2, 0.25) is 5.82 Å². The number of hydrogen-bond acceptors (Lipinski definition) is 5. The van der Waals surface area contributed by atoms with Gasteiger partial charge in [-0.15, -0.1) is 0 Å². The summed E-state index contributed by atoms with van der Waals surface area (Å²) in [7, 11) is 0. The molecule has 2 heterocycles. The molecule has 1 aliphatic rings. The van der Waals surface area contributed by atoms with Gasteiger partial charge < -0.3 is 10.1 Å². The van der Waals surface area contributed by atoms with Crippen molar-refractivity contribution in [3.8, 4) is 0 Å². The summed E-state index contributed by atoms with van der Waals surface area (Å²) in [5.74, 6) is 0.193. The van der Waals surface area contributed by atoms with Crippen molar-refractivity contribution in [2.45, 2.75) is 18.9 Å². The van der Waals surface area contributed by atoms with Crippen LogP contribution in [0.15, 0.2) is 12.1 Å². The van der Waals surface area contributed by atoms with Gasteiger partial charge in [-0.3, -0.25) is 10.1 Å². The average molecular weight is 258 g/mol. The summed E-state index contributed by atoms with van der Waals surface area (Å²) >= 11 is 5.71. The number of halogens is 1. The highest BCUT2D eigenvalue weighted by molar-refractivity contribution is 6.29. The van der Waals surface area contributed by atoms with E-state index in [0.29, 0.717) is 6.54 Å². The van der Waals surface area contributed by atoms with Crippen LogP contribution in [0.4, 0.5) is 11.5 Å². The Labute approximate surface area is 103 Å². The minimum Gasteiger partial charge on any atom is -0.376 e. The molecule has 1 unspecified atom stereocenters. The average Bonchev–Trinajstić information content (AvgIpc) is 2.78. The van der Waals surface area contributed by atoms with E-state index in [0.717, 1.165) is 19.4 Å². The van der Waals surface area contributed by atoms with Crippen molar-refractivity contribution in [3.05, 3.63) is 27.4 Å². The standard InChI is InChI=1S/C10H12ClN3O3/c11-9-4-3-8(14(15)16)10(13-9)12-6-7-2-1-5-17-7/h3-4,7H,1-2,5-6H2,(H,12,13). The van der Waals surface area contributed by atoms with Gasteiger partial charge in [-0.25, -0.2) is 4.98 Å². The Morgan fingerprint density at radius 3 is 3.12 bits per heavy atom. The lowest BCUT2D eigenvalue weighted by molar-refractivity contribution is -0.384. The van der Waals surface area contributed by atoms with Crippen LogP contribution in [0.3, 0.4) is 0 Å². The Bertz CT molecular complexity index is 421. The van der Waals surface area contributed by atoms with E-state index in [1.165, 1.54) is 12.1 Å². The van der Waals surface area contributed by atoms with Crippen molar-refractivity contribution in [2.75, 3.05) is 18.5 Å². The first-order valence-electron chi connectivity index (χ1n) is 5.33. The van der Waals surface area contributed by atoms with Crippen molar-refractivity contribution < 1.29 is 9.66 Å². The van der Waals surface area contributed by atoms with Crippen LogP contribution in [0.2, 0.25) is 5.15 Å². The number of ether oxygens (including phenoxy) is 1. The van der Waals surface area contributed by atoms with Gasteiger partial charge in [0.1, 0.15) is 5.15 Å². The van der Waals surface area contributed by atoms with Crippen molar-refractivity contribution in [1.29, 1.82) is 0 Å². The predicted octanol–water partition coefficient (Wildman–Crippen LogP) is 2.23. The highest BCUT2D eigenvalue weighted by Crippen LogP contribution is 2.24. The molecule has 1 saturated heterocycles. The Morgan fingerprint density at radius 1 is 1.65 bits per heavy atom. The van der Waals surface area contributed by atoms with Crippen LogP contribution in [0.5, 0.6) is 0 Å². The molecule has 0 saturated carbocycles. The molecule has 1 N–H and O–H groups in total. The summed E-state index contributed by atoms with van der Waals surface area (Å²) in [6.45, 7) is 1.26. The molecule has 1 aromatic rings. The molecule has 1 fully saturated rings. The number of rotatable bonds is 4. The van der Waals surface area contributed by atoms with E-state index in [4.69, 9.17) is 16.3 Å². The predicted molar refractivity (Wildman–Crippen MR) is 63.4 cm³/mol. The van der Waals surface area contributed by atoms with Crippen LogP contribution >= 0.6 is 11.6 Å². The monoisotopic (exact) mass is 257 g/mol. The van der Waals surface area contributed by atoms with Gasteiger partial charge in [0, 0.05) is 19.2 Å². The van der Waals surface area contributed by atoms with Crippen molar-refractivity contribution in [1.82, 2.24) is 4.98 Å². The molecule has 0 bridgehead atoms. The summed E-state index contributed by atoms with van der Waals surface area (Å²) in [6.07, 6.45) is 2.08. The van der Waals surface area contributed by atoms with E-state index in [9.17, 15) is 10.1 Å². The third kappa shape index (κ3) is 3.04. The van der Waals surface area contributed by atoms with Crippen LogP contribution in [-0.4, -0.2) is 29.2 Å². The number of nitrogens with one attached hydrogen (secondary N) is 1. The zero-order valence-corrected chi connectivity index (χ0v) is 9.81. The van der Waals surface area contributed by atoms with E-state index < -0.39 is 4.92 Å². The fraction of sp³-hybridized carbons (Fsp3) is 0.500. The van der Waals surface area contributed by atoms with E-state index in [-0.39, 0.29) is 22.8 Å². The van der Waals surface area contributed by atoms with Crippen LogP contribution in [0, 0.1) is 10.1 Å². The lowest BCUT2D eigenvalue weighted by Gasteiger charge is -2.11. The number of nitro groups is 1. The minimum atomic E-state index is -0.485. The van der Waals surface area contributed by atoms with Gasteiger partial charge in [-0.05, 0) is 18.9 Å². The zero-order valence-electron chi connectivity index (χ0n) is 9.06. The Balaban J connectivity index is 2.07. The molecule has 0 radical (unpaired) electrons. The normalized spacial score (nSPS) is 19.2. The first-order valence-corrected chi connectivity index (χ1v) is 5.71. The first kappa shape index (κ1) is 12.1. The van der Waals surface area contributed by atoms with Gasteiger partial charge in [0.15, 0.2) is 0 Å². The van der Waals surface area contributed by atoms with Gasteiger partial charge in [0.05, 0.1) is 11.0 Å². The summed E-state index contributed by atoms with van der Waals surface area (Å²) in [4.78, 5) is 14.2. The van der Waals surface area contributed by atoms with Crippen LogP contribution in [-0.2, 0) is 4.74 Å². The third-order valence-electron chi connectivity index (χ3n) is 2.56. The molecule has 1 aromatic heterocycles. The SMILES string of the molecule is O=[N+]([O-])c1ccc(Cl)nc1NCC1CCCO1. The molecule has 0 amide bonds. The first-order chi connectivity index (χ1) is 8.16. The minimum absolute atomic E-state index is 0.0765. The summed E-state index contributed by atoms with van der Waals surface area (Å²) < 4.78 is 5.41. The van der Waals surface area contributed by atoms with Gasteiger partial charge in [-0.2, -0.15) is 0 Å². The number of nitrogens with zero attached hydrogens (tertiary/aromatic N) is 2. The number of pyridine rings is 1. The second-order valence-corrected chi connectivity index (χ2v) is 4.16. The lowest BCUT2D eigenvalue weighted by Crippen LogP contribution is -2.19. The molecule has 2 rings (SSSR count). The topological polar surface area (TPSA) is 77.3 Å². The maximum atomic E-state index is 10.8. The van der Waals surface area contributed by atoms with E-state index >= 15 is 0 Å². The second-order valence-electron chi connectivity index (χ2n) is 3.77. The van der Waals surface area contributed by atoms with Gasteiger partial charge in [-0.1, -0.05) is 11.6 Å². The van der Waals surface area contributed by atoms with Crippen molar-refractivity contribution in [3.63, 3.8) is 0 Å². The fourth-order valence-corrected chi connectivity index (χ4v) is 1.87. The van der Waals surface area contributed by atoms with Crippen molar-refractivity contribution >= 4 is 23.1 Å². The molecule has 0 aliphatic carbocycles. The Kier molecular flexibility index (Phi) is 3.75. The second kappa shape index (κ2) is 5.29. The molecule has 1 aliphatic heterocycles. The summed E-state index contributed by atoms with van der Waals surface area (Å²) in [6, 6.07) is 2.74. The molecule has 1 atom stereocenters. The smallest absolute Gasteiger partial charge is 0.311 e. The molecule has 17 heavy (non-hydrogen) atoms. The summed E-state index contributed by atoms with van der Waals surface area (Å²) in [5, 5.41) is 13.9. The highest BCUT2D eigenvalue weighted by atomic mass is 35.5. The molecular weight excluding hydrogens is 246 g/mol. The molecular formula is C10H12ClN3O3. The molecule has 7 heteroatoms. The lowest BCUT2D eigenvalue weighted by atomic mass is 10.2. The molecule has 92 valence electrons. The maximum Gasteiger partial charge on any atom is 0.311 e. The highest BCUT2D eigenvalue weighted by Gasteiger charge is 2.19. The maximum absolute atomic E-state index is 10.8.